The minimum absolute atomic E-state index is 0.346. The molecule has 0 saturated carbocycles. The second-order valence-corrected chi connectivity index (χ2v) is 4.77. The summed E-state index contributed by atoms with van der Waals surface area (Å²) in [4.78, 5) is 10.5. The van der Waals surface area contributed by atoms with Gasteiger partial charge in [-0.3, -0.25) is 0 Å². The lowest BCUT2D eigenvalue weighted by Gasteiger charge is -2.09. The minimum Gasteiger partial charge on any atom is -0.478 e. The quantitative estimate of drug-likeness (QED) is 0.834. The van der Waals surface area contributed by atoms with Crippen molar-refractivity contribution < 1.29 is 19.0 Å². The van der Waals surface area contributed by atoms with Crippen LogP contribution in [0.15, 0.2) is 42.5 Å². The molecule has 1 N–H and O–H groups in total. The van der Waals surface area contributed by atoms with Crippen LogP contribution in [0, 0.1) is 12.7 Å². The summed E-state index contributed by atoms with van der Waals surface area (Å²) in [5, 5.41) is 8.93. The van der Waals surface area contributed by atoms with Gasteiger partial charge < -0.3 is 9.84 Å². The maximum absolute atomic E-state index is 13.2. The Hall–Kier alpha value is -2.33. The number of aryl methyl sites for hydroxylation is 1. The van der Waals surface area contributed by atoms with Crippen LogP contribution in [0.5, 0.6) is 11.5 Å². The number of ether oxygens (including phenoxy) is 1. The van der Waals surface area contributed by atoms with Crippen molar-refractivity contribution in [3.8, 4) is 11.5 Å². The summed E-state index contributed by atoms with van der Waals surface area (Å²) in [6, 6.07) is 9.09. The molecule has 0 fully saturated rings. The van der Waals surface area contributed by atoms with E-state index in [-0.39, 0.29) is 5.82 Å². The van der Waals surface area contributed by atoms with E-state index in [4.69, 9.17) is 21.4 Å². The number of benzene rings is 2. The van der Waals surface area contributed by atoms with E-state index in [2.05, 4.69) is 0 Å². The van der Waals surface area contributed by atoms with Gasteiger partial charge in [0.25, 0.3) is 0 Å². The minimum atomic E-state index is -1.05. The molecule has 2 aromatic carbocycles. The van der Waals surface area contributed by atoms with E-state index >= 15 is 0 Å². The summed E-state index contributed by atoms with van der Waals surface area (Å²) in [6.45, 7) is 1.81. The molecule has 0 atom stereocenters. The van der Waals surface area contributed by atoms with E-state index in [0.717, 1.165) is 11.6 Å². The van der Waals surface area contributed by atoms with Crippen LogP contribution in [0.2, 0.25) is 5.02 Å². The van der Waals surface area contributed by atoms with Crippen LogP contribution in [0.3, 0.4) is 0 Å². The van der Waals surface area contributed by atoms with Crippen molar-refractivity contribution in [3.63, 3.8) is 0 Å². The van der Waals surface area contributed by atoms with Gasteiger partial charge in [-0.25, -0.2) is 9.18 Å². The Morgan fingerprint density at radius 3 is 2.71 bits per heavy atom. The van der Waals surface area contributed by atoms with E-state index in [9.17, 15) is 9.18 Å². The predicted octanol–water partition coefficient (Wildman–Crippen LogP) is 4.68. The average Bonchev–Trinajstić information content (AvgIpc) is 2.42. The van der Waals surface area contributed by atoms with E-state index in [1.807, 2.05) is 0 Å². The topological polar surface area (TPSA) is 46.5 Å². The number of aliphatic carboxylic acids is 1. The van der Waals surface area contributed by atoms with Gasteiger partial charge in [0.15, 0.2) is 0 Å². The van der Waals surface area contributed by atoms with E-state index < -0.39 is 5.97 Å². The predicted molar refractivity (Wildman–Crippen MR) is 79.3 cm³/mol. The molecular weight excluding hydrogens is 295 g/mol. The highest BCUT2D eigenvalue weighted by Gasteiger charge is 2.06. The highest BCUT2D eigenvalue weighted by Crippen LogP contribution is 2.29. The number of hydrogen-bond donors (Lipinski definition) is 1. The molecule has 0 heterocycles. The monoisotopic (exact) mass is 306 g/mol. The Morgan fingerprint density at radius 1 is 1.29 bits per heavy atom. The maximum atomic E-state index is 13.2. The van der Waals surface area contributed by atoms with Gasteiger partial charge in [-0.05, 0) is 48.4 Å². The number of carboxylic acid groups (broad SMARTS) is 1. The van der Waals surface area contributed by atoms with Crippen LogP contribution in [-0.2, 0) is 4.79 Å². The normalized spacial score (nSPS) is 10.8. The molecule has 0 aromatic heterocycles. The number of carboxylic acids is 1. The SMILES string of the molecule is Cc1ccc(F)cc1Oc1ccc(/C=C/C(=O)O)c(Cl)c1. The molecule has 0 bridgehead atoms. The second kappa shape index (κ2) is 6.41. The largest absolute Gasteiger partial charge is 0.478 e. The van der Waals surface area contributed by atoms with Crippen LogP contribution in [0.25, 0.3) is 6.08 Å². The second-order valence-electron chi connectivity index (χ2n) is 4.37. The first-order valence-electron chi connectivity index (χ1n) is 6.10. The molecule has 0 unspecified atom stereocenters. The molecule has 0 saturated heterocycles. The van der Waals surface area contributed by atoms with Gasteiger partial charge in [0, 0.05) is 12.1 Å². The average molecular weight is 307 g/mol. The zero-order valence-corrected chi connectivity index (χ0v) is 11.9. The van der Waals surface area contributed by atoms with Crippen molar-refractivity contribution in [2.45, 2.75) is 6.92 Å². The molecule has 0 aliphatic heterocycles. The summed E-state index contributed by atoms with van der Waals surface area (Å²) in [6.07, 6.45) is 2.39. The fourth-order valence-electron chi connectivity index (χ4n) is 1.68. The van der Waals surface area contributed by atoms with E-state index in [0.29, 0.717) is 22.1 Å². The first-order valence-corrected chi connectivity index (χ1v) is 6.48. The van der Waals surface area contributed by atoms with Crippen molar-refractivity contribution in [3.05, 3.63) is 64.4 Å². The Kier molecular flexibility index (Phi) is 4.60. The summed E-state index contributed by atoms with van der Waals surface area (Å²) in [7, 11) is 0. The van der Waals surface area contributed by atoms with Crippen molar-refractivity contribution in [2.75, 3.05) is 0 Å². The third-order valence-corrected chi connectivity index (χ3v) is 3.08. The number of halogens is 2. The van der Waals surface area contributed by atoms with Crippen LogP contribution < -0.4 is 4.74 Å². The van der Waals surface area contributed by atoms with Crippen molar-refractivity contribution >= 4 is 23.6 Å². The summed E-state index contributed by atoms with van der Waals surface area (Å²) in [5.74, 6) is -0.592. The zero-order chi connectivity index (χ0) is 15.4. The number of rotatable bonds is 4. The summed E-state index contributed by atoms with van der Waals surface area (Å²) >= 11 is 6.05. The molecule has 21 heavy (non-hydrogen) atoms. The standard InChI is InChI=1S/C16H12ClFO3/c1-10-2-5-12(18)8-15(10)21-13-6-3-11(14(17)9-13)4-7-16(19)20/h2-9H,1H3,(H,19,20)/b7-4+. The lowest BCUT2D eigenvalue weighted by molar-refractivity contribution is -0.131. The lowest BCUT2D eigenvalue weighted by atomic mass is 10.2. The van der Waals surface area contributed by atoms with E-state index in [1.165, 1.54) is 18.2 Å². The zero-order valence-electron chi connectivity index (χ0n) is 11.1. The molecule has 3 nitrogen and oxygen atoms in total. The first-order chi connectivity index (χ1) is 9.95. The Labute approximate surface area is 126 Å². The molecule has 0 aliphatic carbocycles. The van der Waals surface area contributed by atoms with Gasteiger partial charge in [-0.15, -0.1) is 0 Å². The smallest absolute Gasteiger partial charge is 0.328 e. The highest BCUT2D eigenvalue weighted by molar-refractivity contribution is 6.32. The highest BCUT2D eigenvalue weighted by atomic mass is 35.5. The number of carbonyl (C=O) groups is 1. The molecule has 5 heteroatoms. The Bertz CT molecular complexity index is 711. The molecule has 2 rings (SSSR count). The van der Waals surface area contributed by atoms with Crippen molar-refractivity contribution in [2.24, 2.45) is 0 Å². The number of hydrogen-bond acceptors (Lipinski definition) is 2. The molecule has 0 spiro atoms. The molecule has 2 aromatic rings. The third-order valence-electron chi connectivity index (χ3n) is 2.76. The van der Waals surface area contributed by atoms with Crippen LogP contribution in [-0.4, -0.2) is 11.1 Å². The fourth-order valence-corrected chi connectivity index (χ4v) is 1.91. The molecule has 0 aliphatic rings. The van der Waals surface area contributed by atoms with Gasteiger partial charge >= 0.3 is 5.97 Å². The van der Waals surface area contributed by atoms with Gasteiger partial charge in [-0.2, -0.15) is 0 Å². The summed E-state index contributed by atoms with van der Waals surface area (Å²) < 4.78 is 18.8. The fraction of sp³-hybridized carbons (Fsp3) is 0.0625. The van der Waals surface area contributed by atoms with Crippen LogP contribution in [0.1, 0.15) is 11.1 Å². The van der Waals surface area contributed by atoms with Crippen molar-refractivity contribution in [1.82, 2.24) is 0 Å². The molecule has 108 valence electrons. The van der Waals surface area contributed by atoms with Gasteiger partial charge in [0.1, 0.15) is 17.3 Å². The Balaban J connectivity index is 2.24. The van der Waals surface area contributed by atoms with Crippen LogP contribution in [0.4, 0.5) is 4.39 Å². The lowest BCUT2D eigenvalue weighted by Crippen LogP contribution is -1.90. The van der Waals surface area contributed by atoms with Crippen molar-refractivity contribution in [1.29, 1.82) is 0 Å². The third kappa shape index (κ3) is 4.07. The van der Waals surface area contributed by atoms with Crippen LogP contribution >= 0.6 is 11.6 Å². The maximum Gasteiger partial charge on any atom is 0.328 e. The molecule has 0 radical (unpaired) electrons. The van der Waals surface area contributed by atoms with Gasteiger partial charge in [0.2, 0.25) is 0 Å². The van der Waals surface area contributed by atoms with Gasteiger partial charge in [0.05, 0.1) is 5.02 Å². The van der Waals surface area contributed by atoms with E-state index in [1.54, 1.807) is 31.2 Å². The first kappa shape index (κ1) is 15.1. The Morgan fingerprint density at radius 2 is 2.05 bits per heavy atom. The molecule has 0 amide bonds. The summed E-state index contributed by atoms with van der Waals surface area (Å²) in [5.41, 5.74) is 1.35. The molecular formula is C16H12ClFO3. The van der Waals surface area contributed by atoms with Gasteiger partial charge in [-0.1, -0.05) is 17.7 Å².